The van der Waals surface area contributed by atoms with E-state index in [0.29, 0.717) is 4.47 Å². The molecule has 0 saturated carbocycles. The standard InChI is InChI=1S/C9H14ClN3OS/c10-9-11-8(7-15-9)13-3-1-12(2-4-13)5-6-14/h7,14H,1-6H2. The third kappa shape index (κ3) is 2.81. The number of hydrogen-bond acceptors (Lipinski definition) is 5. The van der Waals surface area contributed by atoms with Crippen LogP contribution in [0, 0.1) is 0 Å². The summed E-state index contributed by atoms with van der Waals surface area (Å²) in [5, 5.41) is 10.8. The Hall–Kier alpha value is -0.360. The van der Waals surface area contributed by atoms with Gasteiger partial charge in [0.15, 0.2) is 4.47 Å². The summed E-state index contributed by atoms with van der Waals surface area (Å²) in [4.78, 5) is 8.73. The van der Waals surface area contributed by atoms with Gasteiger partial charge in [-0.25, -0.2) is 4.98 Å². The monoisotopic (exact) mass is 247 g/mol. The van der Waals surface area contributed by atoms with Crippen LogP contribution in [-0.2, 0) is 0 Å². The normalized spacial score (nSPS) is 18.4. The van der Waals surface area contributed by atoms with E-state index in [2.05, 4.69) is 14.8 Å². The van der Waals surface area contributed by atoms with Crippen LogP contribution in [0.25, 0.3) is 0 Å². The maximum Gasteiger partial charge on any atom is 0.185 e. The minimum absolute atomic E-state index is 0.239. The summed E-state index contributed by atoms with van der Waals surface area (Å²) in [6.07, 6.45) is 0. The number of β-amino-alcohol motifs (C(OH)–C–C–N with tert-alkyl or cyclic N) is 1. The summed E-state index contributed by atoms with van der Waals surface area (Å²) in [6, 6.07) is 0. The molecule has 0 unspecified atom stereocenters. The van der Waals surface area contributed by atoms with E-state index in [0.717, 1.165) is 38.5 Å². The maximum atomic E-state index is 8.82. The fourth-order valence-corrected chi connectivity index (χ4v) is 2.50. The highest BCUT2D eigenvalue weighted by Gasteiger charge is 2.18. The maximum absolute atomic E-state index is 8.82. The number of aliphatic hydroxyl groups is 1. The minimum atomic E-state index is 0.239. The molecule has 0 atom stereocenters. The van der Waals surface area contributed by atoms with Gasteiger partial charge < -0.3 is 10.0 Å². The molecule has 1 aliphatic rings. The number of rotatable bonds is 3. The van der Waals surface area contributed by atoms with Gasteiger partial charge in [0.1, 0.15) is 5.82 Å². The van der Waals surface area contributed by atoms with Crippen molar-refractivity contribution in [3.05, 3.63) is 9.85 Å². The Morgan fingerprint density at radius 2 is 2.13 bits per heavy atom. The van der Waals surface area contributed by atoms with E-state index in [4.69, 9.17) is 16.7 Å². The zero-order valence-electron chi connectivity index (χ0n) is 8.40. The molecule has 0 amide bonds. The first kappa shape index (κ1) is 11.1. The van der Waals surface area contributed by atoms with Crippen molar-refractivity contribution in [3.8, 4) is 0 Å². The van der Waals surface area contributed by atoms with E-state index >= 15 is 0 Å². The number of aliphatic hydroxyl groups excluding tert-OH is 1. The van der Waals surface area contributed by atoms with Crippen molar-refractivity contribution in [1.82, 2.24) is 9.88 Å². The fraction of sp³-hybridized carbons (Fsp3) is 0.667. The molecule has 1 aliphatic heterocycles. The number of anilines is 1. The van der Waals surface area contributed by atoms with Crippen molar-refractivity contribution in [2.75, 3.05) is 44.2 Å². The summed E-state index contributed by atoms with van der Waals surface area (Å²) >= 11 is 7.26. The average Bonchev–Trinajstić information content (AvgIpc) is 2.67. The molecule has 2 rings (SSSR count). The van der Waals surface area contributed by atoms with Gasteiger partial charge in [-0.3, -0.25) is 4.90 Å². The Kier molecular flexibility index (Phi) is 3.80. The molecule has 0 aromatic carbocycles. The van der Waals surface area contributed by atoms with E-state index < -0.39 is 0 Å². The van der Waals surface area contributed by atoms with Crippen LogP contribution in [-0.4, -0.2) is 54.3 Å². The van der Waals surface area contributed by atoms with Gasteiger partial charge in [-0.1, -0.05) is 11.6 Å². The molecule has 2 heterocycles. The Bertz CT molecular complexity index is 312. The quantitative estimate of drug-likeness (QED) is 0.862. The number of thiazole rings is 1. The molecular formula is C9H14ClN3OS. The van der Waals surface area contributed by atoms with Crippen LogP contribution in [0.1, 0.15) is 0 Å². The van der Waals surface area contributed by atoms with Crippen LogP contribution in [0.2, 0.25) is 4.47 Å². The lowest BCUT2D eigenvalue weighted by molar-refractivity contribution is 0.188. The van der Waals surface area contributed by atoms with Gasteiger partial charge in [-0.05, 0) is 0 Å². The molecular weight excluding hydrogens is 234 g/mol. The van der Waals surface area contributed by atoms with Crippen LogP contribution in [0.5, 0.6) is 0 Å². The van der Waals surface area contributed by atoms with Gasteiger partial charge >= 0.3 is 0 Å². The molecule has 84 valence electrons. The molecule has 0 spiro atoms. The van der Waals surface area contributed by atoms with Crippen molar-refractivity contribution < 1.29 is 5.11 Å². The van der Waals surface area contributed by atoms with Crippen molar-refractivity contribution in [2.45, 2.75) is 0 Å². The van der Waals surface area contributed by atoms with Crippen molar-refractivity contribution >= 4 is 28.8 Å². The lowest BCUT2D eigenvalue weighted by Crippen LogP contribution is -2.47. The van der Waals surface area contributed by atoms with Crippen LogP contribution in [0.4, 0.5) is 5.82 Å². The van der Waals surface area contributed by atoms with Gasteiger partial charge in [0.05, 0.1) is 6.61 Å². The topological polar surface area (TPSA) is 39.6 Å². The van der Waals surface area contributed by atoms with Crippen molar-refractivity contribution in [3.63, 3.8) is 0 Å². The van der Waals surface area contributed by atoms with Crippen LogP contribution in [0.3, 0.4) is 0 Å². The SMILES string of the molecule is OCCN1CCN(c2csc(Cl)n2)CC1. The second-order valence-corrected chi connectivity index (χ2v) is 4.95. The van der Waals surface area contributed by atoms with E-state index in [1.165, 1.54) is 11.3 Å². The zero-order valence-corrected chi connectivity index (χ0v) is 9.97. The largest absolute Gasteiger partial charge is 0.395 e. The lowest BCUT2D eigenvalue weighted by atomic mass is 10.3. The van der Waals surface area contributed by atoms with Gasteiger partial charge in [0, 0.05) is 38.1 Å². The highest BCUT2D eigenvalue weighted by atomic mass is 35.5. The summed E-state index contributed by atoms with van der Waals surface area (Å²) in [5.41, 5.74) is 0. The van der Waals surface area contributed by atoms with Gasteiger partial charge in [0.2, 0.25) is 0 Å². The minimum Gasteiger partial charge on any atom is -0.395 e. The number of nitrogens with zero attached hydrogens (tertiary/aromatic N) is 3. The van der Waals surface area contributed by atoms with Gasteiger partial charge in [-0.15, -0.1) is 11.3 Å². The van der Waals surface area contributed by atoms with Crippen molar-refractivity contribution in [2.24, 2.45) is 0 Å². The molecule has 1 fully saturated rings. The van der Waals surface area contributed by atoms with Crippen LogP contribution in [0.15, 0.2) is 5.38 Å². The first-order chi connectivity index (χ1) is 7.29. The molecule has 0 aliphatic carbocycles. The Morgan fingerprint density at radius 3 is 2.67 bits per heavy atom. The number of hydrogen-bond donors (Lipinski definition) is 1. The van der Waals surface area contributed by atoms with Crippen molar-refractivity contribution in [1.29, 1.82) is 0 Å². The van der Waals surface area contributed by atoms with E-state index in [9.17, 15) is 0 Å². The zero-order chi connectivity index (χ0) is 10.7. The Balaban J connectivity index is 1.88. The molecule has 6 heteroatoms. The smallest absolute Gasteiger partial charge is 0.185 e. The summed E-state index contributed by atoms with van der Waals surface area (Å²) in [5.74, 6) is 0.980. The second kappa shape index (κ2) is 5.12. The van der Waals surface area contributed by atoms with Gasteiger partial charge in [0.25, 0.3) is 0 Å². The summed E-state index contributed by atoms with van der Waals surface area (Å²) in [7, 11) is 0. The predicted molar refractivity (Wildman–Crippen MR) is 62.9 cm³/mol. The lowest BCUT2D eigenvalue weighted by Gasteiger charge is -2.34. The first-order valence-electron chi connectivity index (χ1n) is 4.99. The van der Waals surface area contributed by atoms with E-state index in [-0.39, 0.29) is 6.61 Å². The van der Waals surface area contributed by atoms with Crippen LogP contribution < -0.4 is 4.90 Å². The number of aromatic nitrogens is 1. The highest BCUT2D eigenvalue weighted by molar-refractivity contribution is 7.14. The summed E-state index contributed by atoms with van der Waals surface area (Å²) in [6.45, 7) is 4.89. The highest BCUT2D eigenvalue weighted by Crippen LogP contribution is 2.22. The van der Waals surface area contributed by atoms with Gasteiger partial charge in [-0.2, -0.15) is 0 Å². The Morgan fingerprint density at radius 1 is 1.40 bits per heavy atom. The fourth-order valence-electron chi connectivity index (χ4n) is 1.73. The Labute approximate surface area is 98.1 Å². The average molecular weight is 248 g/mol. The molecule has 4 nitrogen and oxygen atoms in total. The van der Waals surface area contributed by atoms with Crippen LogP contribution >= 0.6 is 22.9 Å². The molecule has 0 radical (unpaired) electrons. The molecule has 0 bridgehead atoms. The first-order valence-corrected chi connectivity index (χ1v) is 6.24. The second-order valence-electron chi connectivity index (χ2n) is 3.51. The molecule has 15 heavy (non-hydrogen) atoms. The van der Waals surface area contributed by atoms with E-state index in [1.807, 2.05) is 5.38 Å². The molecule has 1 saturated heterocycles. The molecule has 1 N–H and O–H groups in total. The van der Waals surface area contributed by atoms with E-state index in [1.54, 1.807) is 0 Å². The third-order valence-corrected chi connectivity index (χ3v) is 3.54. The molecule has 1 aromatic rings. The number of piperazine rings is 1. The molecule has 1 aromatic heterocycles. The predicted octanol–water partition coefficient (Wildman–Crippen LogP) is 0.911. The summed E-state index contributed by atoms with van der Waals surface area (Å²) < 4.78 is 0.600. The number of halogens is 1. The third-order valence-electron chi connectivity index (χ3n) is 2.58.